The number of rotatable bonds is 1. The standard InChI is InChI=1S/C10H7Cl2N/c11-10(12)8(6-13)9(10)7-4-2-1-3-5-7/h1-5,8-9H/t8-,9-/m1/s1. The smallest absolute Gasteiger partial charge is 0.142 e. The van der Waals surface area contributed by atoms with Gasteiger partial charge < -0.3 is 0 Å². The van der Waals surface area contributed by atoms with Gasteiger partial charge in [-0.1, -0.05) is 53.5 Å². The van der Waals surface area contributed by atoms with Gasteiger partial charge in [0, 0.05) is 5.92 Å². The van der Waals surface area contributed by atoms with Gasteiger partial charge in [0.25, 0.3) is 0 Å². The molecule has 1 nitrogen and oxygen atoms in total. The van der Waals surface area contributed by atoms with E-state index in [1.807, 2.05) is 30.3 Å². The van der Waals surface area contributed by atoms with Gasteiger partial charge in [-0.15, -0.1) is 0 Å². The number of benzene rings is 1. The number of nitrogens with zero attached hydrogens (tertiary/aromatic N) is 1. The van der Waals surface area contributed by atoms with Crippen LogP contribution < -0.4 is 0 Å². The Balaban J connectivity index is 2.28. The summed E-state index contributed by atoms with van der Waals surface area (Å²) in [5.74, 6) is -0.291. The Morgan fingerprint density at radius 3 is 2.31 bits per heavy atom. The molecule has 2 atom stereocenters. The van der Waals surface area contributed by atoms with Crippen molar-refractivity contribution in [3.8, 4) is 6.07 Å². The van der Waals surface area contributed by atoms with E-state index in [0.717, 1.165) is 5.56 Å². The molecule has 13 heavy (non-hydrogen) atoms. The predicted molar refractivity (Wildman–Crippen MR) is 52.7 cm³/mol. The molecular weight excluding hydrogens is 205 g/mol. The first-order valence-electron chi connectivity index (χ1n) is 4.00. The third-order valence-corrected chi connectivity index (χ3v) is 3.29. The lowest BCUT2D eigenvalue weighted by atomic mass is 10.1. The number of nitriles is 1. The minimum atomic E-state index is -0.879. The molecule has 1 saturated carbocycles. The van der Waals surface area contributed by atoms with E-state index in [-0.39, 0.29) is 11.8 Å². The Kier molecular flexibility index (Phi) is 1.98. The number of halogens is 2. The zero-order valence-corrected chi connectivity index (χ0v) is 8.26. The third-order valence-electron chi connectivity index (χ3n) is 2.35. The maximum absolute atomic E-state index is 8.75. The molecule has 1 aliphatic rings. The van der Waals surface area contributed by atoms with Gasteiger partial charge in [-0.2, -0.15) is 5.26 Å². The van der Waals surface area contributed by atoms with Crippen LogP contribution in [0.3, 0.4) is 0 Å². The highest BCUT2D eigenvalue weighted by Gasteiger charge is 2.64. The minimum absolute atomic E-state index is 0.0259. The van der Waals surface area contributed by atoms with E-state index >= 15 is 0 Å². The van der Waals surface area contributed by atoms with E-state index in [2.05, 4.69) is 6.07 Å². The Morgan fingerprint density at radius 2 is 1.85 bits per heavy atom. The molecule has 66 valence electrons. The number of hydrogen-bond acceptors (Lipinski definition) is 1. The minimum Gasteiger partial charge on any atom is -0.198 e. The lowest BCUT2D eigenvalue weighted by Gasteiger charge is -1.97. The van der Waals surface area contributed by atoms with E-state index in [0.29, 0.717) is 0 Å². The summed E-state index contributed by atoms with van der Waals surface area (Å²) in [6.07, 6.45) is 0. The van der Waals surface area contributed by atoms with Crippen molar-refractivity contribution in [3.63, 3.8) is 0 Å². The SMILES string of the molecule is N#C[C@@H]1[C@@H](c2ccccc2)C1(Cl)Cl. The normalized spacial score (nSPS) is 29.3. The summed E-state index contributed by atoms with van der Waals surface area (Å²) in [5.41, 5.74) is 1.04. The molecule has 2 rings (SSSR count). The van der Waals surface area contributed by atoms with Crippen molar-refractivity contribution < 1.29 is 0 Å². The van der Waals surface area contributed by atoms with Gasteiger partial charge in [0.15, 0.2) is 0 Å². The maximum atomic E-state index is 8.75. The third kappa shape index (κ3) is 1.31. The molecule has 1 aromatic carbocycles. The van der Waals surface area contributed by atoms with Crippen LogP contribution in [0.15, 0.2) is 30.3 Å². The largest absolute Gasteiger partial charge is 0.198 e. The van der Waals surface area contributed by atoms with Crippen LogP contribution in [-0.2, 0) is 0 Å². The zero-order chi connectivity index (χ0) is 9.47. The predicted octanol–water partition coefficient (Wildman–Crippen LogP) is 3.10. The van der Waals surface area contributed by atoms with E-state index in [9.17, 15) is 0 Å². The summed E-state index contributed by atoms with van der Waals surface area (Å²) >= 11 is 11.9. The number of hydrogen-bond donors (Lipinski definition) is 0. The van der Waals surface area contributed by atoms with Crippen molar-refractivity contribution in [2.75, 3.05) is 0 Å². The molecule has 1 fully saturated rings. The molecule has 0 heterocycles. The second-order valence-electron chi connectivity index (χ2n) is 3.17. The summed E-state index contributed by atoms with van der Waals surface area (Å²) in [6, 6.07) is 11.8. The van der Waals surface area contributed by atoms with Crippen molar-refractivity contribution in [1.82, 2.24) is 0 Å². The zero-order valence-electron chi connectivity index (χ0n) is 6.74. The van der Waals surface area contributed by atoms with Gasteiger partial charge in [0.05, 0.1) is 12.0 Å². The monoisotopic (exact) mass is 211 g/mol. The van der Waals surface area contributed by atoms with Gasteiger partial charge in [0.2, 0.25) is 0 Å². The summed E-state index contributed by atoms with van der Waals surface area (Å²) < 4.78 is -0.879. The van der Waals surface area contributed by atoms with E-state index in [4.69, 9.17) is 28.5 Å². The van der Waals surface area contributed by atoms with E-state index < -0.39 is 4.33 Å². The van der Waals surface area contributed by atoms with Gasteiger partial charge in [-0.05, 0) is 5.56 Å². The molecule has 0 amide bonds. The van der Waals surface area contributed by atoms with Crippen LogP contribution in [0, 0.1) is 17.2 Å². The molecule has 0 unspecified atom stereocenters. The molecule has 1 aromatic rings. The van der Waals surface area contributed by atoms with Crippen LogP contribution in [0.25, 0.3) is 0 Å². The second-order valence-corrected chi connectivity index (χ2v) is 4.61. The quantitative estimate of drug-likeness (QED) is 0.656. The first-order valence-corrected chi connectivity index (χ1v) is 4.76. The molecule has 0 aromatic heterocycles. The molecule has 3 heteroatoms. The first-order chi connectivity index (χ1) is 6.18. The van der Waals surface area contributed by atoms with Crippen LogP contribution in [-0.4, -0.2) is 4.33 Å². The van der Waals surface area contributed by atoms with Crippen molar-refractivity contribution in [2.45, 2.75) is 10.3 Å². The molecule has 0 spiro atoms. The summed E-state index contributed by atoms with van der Waals surface area (Å²) in [7, 11) is 0. The van der Waals surface area contributed by atoms with Crippen LogP contribution in [0.1, 0.15) is 11.5 Å². The second kappa shape index (κ2) is 2.90. The molecule has 0 bridgehead atoms. The van der Waals surface area contributed by atoms with Crippen molar-refractivity contribution in [3.05, 3.63) is 35.9 Å². The highest BCUT2D eigenvalue weighted by molar-refractivity contribution is 6.52. The Labute approximate surface area is 86.9 Å². The van der Waals surface area contributed by atoms with Gasteiger partial charge in [-0.3, -0.25) is 0 Å². The average Bonchev–Trinajstić information content (AvgIpc) is 2.69. The van der Waals surface area contributed by atoms with Crippen LogP contribution >= 0.6 is 23.2 Å². The van der Waals surface area contributed by atoms with Gasteiger partial charge in [0.1, 0.15) is 4.33 Å². The van der Waals surface area contributed by atoms with Gasteiger partial charge >= 0.3 is 0 Å². The molecular formula is C10H7Cl2N. The van der Waals surface area contributed by atoms with Crippen molar-refractivity contribution in [1.29, 1.82) is 5.26 Å². The van der Waals surface area contributed by atoms with Crippen molar-refractivity contribution >= 4 is 23.2 Å². The van der Waals surface area contributed by atoms with Crippen LogP contribution in [0.2, 0.25) is 0 Å². The highest BCUT2D eigenvalue weighted by Crippen LogP contribution is 2.64. The van der Waals surface area contributed by atoms with Crippen molar-refractivity contribution in [2.24, 2.45) is 5.92 Å². The molecule has 0 radical (unpaired) electrons. The molecule has 0 N–H and O–H groups in total. The summed E-state index contributed by atoms with van der Waals surface area (Å²) in [5, 5.41) is 8.75. The molecule has 0 aliphatic heterocycles. The Bertz CT molecular complexity index is 353. The maximum Gasteiger partial charge on any atom is 0.142 e. The fraction of sp³-hybridized carbons (Fsp3) is 0.300. The summed E-state index contributed by atoms with van der Waals surface area (Å²) in [4.78, 5) is 0. The Morgan fingerprint density at radius 1 is 1.23 bits per heavy atom. The summed E-state index contributed by atoms with van der Waals surface area (Å²) in [6.45, 7) is 0. The van der Waals surface area contributed by atoms with Gasteiger partial charge in [-0.25, -0.2) is 0 Å². The fourth-order valence-electron chi connectivity index (χ4n) is 1.56. The Hall–Kier alpha value is -0.710. The van der Waals surface area contributed by atoms with E-state index in [1.165, 1.54) is 0 Å². The van der Waals surface area contributed by atoms with Crippen LogP contribution in [0.4, 0.5) is 0 Å². The molecule has 1 aliphatic carbocycles. The number of alkyl halides is 2. The lowest BCUT2D eigenvalue weighted by molar-refractivity contribution is 1.02. The molecule has 0 saturated heterocycles. The lowest BCUT2D eigenvalue weighted by Crippen LogP contribution is -1.89. The topological polar surface area (TPSA) is 23.8 Å². The van der Waals surface area contributed by atoms with Crippen LogP contribution in [0.5, 0.6) is 0 Å². The first kappa shape index (κ1) is 8.87. The van der Waals surface area contributed by atoms with E-state index in [1.54, 1.807) is 0 Å². The highest BCUT2D eigenvalue weighted by atomic mass is 35.5. The average molecular weight is 212 g/mol. The fourth-order valence-corrected chi connectivity index (χ4v) is 2.29.